The zero-order chi connectivity index (χ0) is 11.1. The maximum atomic E-state index is 9.77. The highest BCUT2D eigenvalue weighted by molar-refractivity contribution is 9.10. The van der Waals surface area contributed by atoms with Crippen LogP contribution in [0.1, 0.15) is 30.4 Å². The van der Waals surface area contributed by atoms with Gasteiger partial charge in [-0.05, 0) is 55.9 Å². The van der Waals surface area contributed by atoms with Crippen molar-refractivity contribution in [3.8, 4) is 5.75 Å². The number of phenols is 1. The average molecular weight is 270 g/mol. The summed E-state index contributed by atoms with van der Waals surface area (Å²) in [5.74, 6) is 0.389. The summed E-state index contributed by atoms with van der Waals surface area (Å²) in [5, 5.41) is 9.77. The number of aryl methyl sites for hydroxylation is 2. The Morgan fingerprint density at radius 3 is 2.73 bits per heavy atom. The van der Waals surface area contributed by atoms with E-state index in [0.29, 0.717) is 5.75 Å². The maximum Gasteiger partial charge on any atom is 0.119 e. The fourth-order valence-corrected chi connectivity index (χ4v) is 2.09. The first-order valence-electron chi connectivity index (χ1n) is 5.27. The molecule has 0 radical (unpaired) electrons. The third-order valence-electron chi connectivity index (χ3n) is 3.14. The van der Waals surface area contributed by atoms with Crippen LogP contribution in [0.15, 0.2) is 16.6 Å². The largest absolute Gasteiger partial charge is 0.508 e. The summed E-state index contributed by atoms with van der Waals surface area (Å²) in [5.41, 5.74) is 8.13. The Morgan fingerprint density at radius 2 is 2.13 bits per heavy atom. The smallest absolute Gasteiger partial charge is 0.119 e. The minimum Gasteiger partial charge on any atom is -0.508 e. The molecule has 1 saturated carbocycles. The van der Waals surface area contributed by atoms with Gasteiger partial charge >= 0.3 is 0 Å². The molecule has 2 nitrogen and oxygen atoms in total. The zero-order valence-electron chi connectivity index (χ0n) is 8.89. The second-order valence-corrected chi connectivity index (χ2v) is 5.45. The SMILES string of the molecule is Cc1cc(O)c(CCC2(N)CC2)cc1Br. The molecule has 1 aliphatic carbocycles. The van der Waals surface area contributed by atoms with E-state index >= 15 is 0 Å². The third-order valence-corrected chi connectivity index (χ3v) is 4.00. The number of halogens is 1. The van der Waals surface area contributed by atoms with Gasteiger partial charge in [0.25, 0.3) is 0 Å². The summed E-state index contributed by atoms with van der Waals surface area (Å²) < 4.78 is 1.05. The molecule has 82 valence electrons. The van der Waals surface area contributed by atoms with Crippen LogP contribution in [0.3, 0.4) is 0 Å². The summed E-state index contributed by atoms with van der Waals surface area (Å²) in [6.07, 6.45) is 4.08. The molecule has 1 aromatic rings. The standard InChI is InChI=1S/C12H16BrNO/c1-8-6-11(15)9(7-10(8)13)2-3-12(14)4-5-12/h6-7,15H,2-5,14H2,1H3. The molecule has 3 N–H and O–H groups in total. The highest BCUT2D eigenvalue weighted by Gasteiger charge is 2.37. The first kappa shape index (κ1) is 11.0. The molecule has 0 saturated heterocycles. The third kappa shape index (κ3) is 2.52. The van der Waals surface area contributed by atoms with Crippen molar-refractivity contribution < 1.29 is 5.11 Å². The predicted octanol–water partition coefficient (Wildman–Crippen LogP) is 2.89. The molecule has 15 heavy (non-hydrogen) atoms. The predicted molar refractivity (Wildman–Crippen MR) is 65.0 cm³/mol. The monoisotopic (exact) mass is 269 g/mol. The Hall–Kier alpha value is -0.540. The molecule has 0 heterocycles. The molecule has 0 aromatic heterocycles. The van der Waals surface area contributed by atoms with Crippen LogP contribution in [0.2, 0.25) is 0 Å². The van der Waals surface area contributed by atoms with Crippen LogP contribution in [0.5, 0.6) is 5.75 Å². The molecular weight excluding hydrogens is 254 g/mol. The van der Waals surface area contributed by atoms with Crippen molar-refractivity contribution in [3.05, 3.63) is 27.7 Å². The fourth-order valence-electron chi connectivity index (χ4n) is 1.70. The van der Waals surface area contributed by atoms with E-state index in [1.807, 2.05) is 13.0 Å². The van der Waals surface area contributed by atoms with Gasteiger partial charge in [-0.2, -0.15) is 0 Å². The molecule has 0 unspecified atom stereocenters. The lowest BCUT2D eigenvalue weighted by atomic mass is 10.0. The Labute approximate surface area is 98.6 Å². The van der Waals surface area contributed by atoms with Crippen LogP contribution >= 0.6 is 15.9 Å². The zero-order valence-corrected chi connectivity index (χ0v) is 10.5. The molecular formula is C12H16BrNO. The summed E-state index contributed by atoms with van der Waals surface area (Å²) in [7, 11) is 0. The van der Waals surface area contributed by atoms with Gasteiger partial charge in [-0.25, -0.2) is 0 Å². The highest BCUT2D eigenvalue weighted by atomic mass is 79.9. The van der Waals surface area contributed by atoms with Gasteiger partial charge in [0.2, 0.25) is 0 Å². The highest BCUT2D eigenvalue weighted by Crippen LogP contribution is 2.38. The maximum absolute atomic E-state index is 9.77. The second kappa shape index (κ2) is 3.80. The molecule has 0 atom stereocenters. The van der Waals surface area contributed by atoms with Crippen molar-refractivity contribution in [1.29, 1.82) is 0 Å². The van der Waals surface area contributed by atoms with Gasteiger partial charge in [0.05, 0.1) is 0 Å². The lowest BCUT2D eigenvalue weighted by Crippen LogP contribution is -2.22. The Bertz CT molecular complexity index is 385. The van der Waals surface area contributed by atoms with E-state index in [1.54, 1.807) is 6.07 Å². The summed E-state index contributed by atoms with van der Waals surface area (Å²) in [4.78, 5) is 0. The lowest BCUT2D eigenvalue weighted by Gasteiger charge is -2.11. The first-order chi connectivity index (χ1) is 7.00. The molecule has 0 spiro atoms. The van der Waals surface area contributed by atoms with Crippen LogP contribution in [0.4, 0.5) is 0 Å². The number of hydrogen-bond donors (Lipinski definition) is 2. The number of nitrogens with two attached hydrogens (primary N) is 1. The number of rotatable bonds is 3. The van der Waals surface area contributed by atoms with Gasteiger partial charge in [-0.3, -0.25) is 0 Å². The molecule has 2 rings (SSSR count). The lowest BCUT2D eigenvalue weighted by molar-refractivity contribution is 0.464. The normalized spacial score (nSPS) is 17.8. The van der Waals surface area contributed by atoms with Crippen molar-refractivity contribution in [3.63, 3.8) is 0 Å². The fraction of sp³-hybridized carbons (Fsp3) is 0.500. The molecule has 3 heteroatoms. The van der Waals surface area contributed by atoms with Gasteiger partial charge < -0.3 is 10.8 Å². The molecule has 0 aliphatic heterocycles. The number of phenolic OH excluding ortho intramolecular Hbond substituents is 1. The van der Waals surface area contributed by atoms with E-state index in [0.717, 1.165) is 41.3 Å². The van der Waals surface area contributed by atoms with Gasteiger partial charge in [0.15, 0.2) is 0 Å². The molecule has 1 aromatic carbocycles. The van der Waals surface area contributed by atoms with Gasteiger partial charge in [0, 0.05) is 10.0 Å². The topological polar surface area (TPSA) is 46.2 Å². The van der Waals surface area contributed by atoms with Crippen molar-refractivity contribution in [2.45, 2.75) is 38.1 Å². The van der Waals surface area contributed by atoms with Crippen LogP contribution in [-0.2, 0) is 6.42 Å². The minimum absolute atomic E-state index is 0.0593. The van der Waals surface area contributed by atoms with Crippen molar-refractivity contribution in [2.24, 2.45) is 5.73 Å². The van der Waals surface area contributed by atoms with E-state index < -0.39 is 0 Å². The Balaban J connectivity index is 2.10. The Morgan fingerprint density at radius 1 is 1.47 bits per heavy atom. The van der Waals surface area contributed by atoms with Crippen molar-refractivity contribution in [2.75, 3.05) is 0 Å². The van der Waals surface area contributed by atoms with Crippen LogP contribution in [0, 0.1) is 6.92 Å². The van der Waals surface area contributed by atoms with Crippen LogP contribution < -0.4 is 5.73 Å². The van der Waals surface area contributed by atoms with E-state index in [-0.39, 0.29) is 5.54 Å². The molecule has 1 fully saturated rings. The van der Waals surface area contributed by atoms with Gasteiger partial charge in [-0.1, -0.05) is 15.9 Å². The summed E-state index contributed by atoms with van der Waals surface area (Å²) >= 11 is 3.47. The first-order valence-corrected chi connectivity index (χ1v) is 6.06. The van der Waals surface area contributed by atoms with Gasteiger partial charge in [0.1, 0.15) is 5.75 Å². The van der Waals surface area contributed by atoms with Gasteiger partial charge in [-0.15, -0.1) is 0 Å². The van der Waals surface area contributed by atoms with Crippen LogP contribution in [-0.4, -0.2) is 10.6 Å². The van der Waals surface area contributed by atoms with Crippen molar-refractivity contribution in [1.82, 2.24) is 0 Å². The number of hydrogen-bond acceptors (Lipinski definition) is 2. The molecule has 0 bridgehead atoms. The molecule has 0 amide bonds. The van der Waals surface area contributed by atoms with E-state index in [1.165, 1.54) is 0 Å². The second-order valence-electron chi connectivity index (χ2n) is 4.59. The van der Waals surface area contributed by atoms with E-state index in [9.17, 15) is 5.11 Å². The number of aromatic hydroxyl groups is 1. The average Bonchev–Trinajstić information content (AvgIpc) is 2.89. The van der Waals surface area contributed by atoms with Crippen molar-refractivity contribution >= 4 is 15.9 Å². The summed E-state index contributed by atoms with van der Waals surface area (Å²) in [6, 6.07) is 3.80. The minimum atomic E-state index is 0.0593. The van der Waals surface area contributed by atoms with E-state index in [2.05, 4.69) is 15.9 Å². The number of benzene rings is 1. The quantitative estimate of drug-likeness (QED) is 0.887. The van der Waals surface area contributed by atoms with Crippen LogP contribution in [0.25, 0.3) is 0 Å². The Kier molecular flexibility index (Phi) is 2.77. The molecule has 1 aliphatic rings. The summed E-state index contributed by atoms with van der Waals surface area (Å²) in [6.45, 7) is 1.97. The van der Waals surface area contributed by atoms with E-state index in [4.69, 9.17) is 5.73 Å².